The van der Waals surface area contributed by atoms with E-state index in [1.807, 2.05) is 0 Å². The number of halogens is 1. The minimum atomic E-state index is -1.67. The Hall–Kier alpha value is -0.745. The highest BCUT2D eigenvalue weighted by atomic mass is 35.5. The molecular weight excluding hydrogens is 218 g/mol. The van der Waals surface area contributed by atoms with E-state index < -0.39 is 7.12 Å². The van der Waals surface area contributed by atoms with Gasteiger partial charge in [-0.25, -0.2) is 0 Å². The molecule has 0 atom stereocenters. The first-order valence-corrected chi connectivity index (χ1v) is 4.90. The lowest BCUT2D eigenvalue weighted by Crippen LogP contribution is -2.32. The number of aliphatic hydroxyl groups is 1. The highest BCUT2D eigenvalue weighted by molar-refractivity contribution is 6.60. The second-order valence-corrected chi connectivity index (χ2v) is 3.37. The number of hydrogen-bond donors (Lipinski definition) is 3. The van der Waals surface area contributed by atoms with Crippen molar-refractivity contribution in [2.24, 2.45) is 0 Å². The van der Waals surface area contributed by atoms with Crippen LogP contribution in [-0.4, -0.2) is 28.9 Å². The van der Waals surface area contributed by atoms with Crippen LogP contribution < -0.4 is 10.2 Å². The van der Waals surface area contributed by atoms with Crippen LogP contribution in [0, 0.1) is 0 Å². The molecule has 0 radical (unpaired) electrons. The zero-order chi connectivity index (χ0) is 11.4. The van der Waals surface area contributed by atoms with E-state index in [1.54, 1.807) is 6.92 Å². The Balaban J connectivity index is 3.22. The molecule has 3 N–H and O–H groups in total. The van der Waals surface area contributed by atoms with Crippen LogP contribution in [-0.2, 0) is 6.61 Å². The molecule has 0 saturated heterocycles. The Kier molecular flexibility index (Phi) is 4.41. The second kappa shape index (κ2) is 5.37. The molecule has 0 amide bonds. The quantitative estimate of drug-likeness (QED) is 0.633. The molecule has 82 valence electrons. The minimum absolute atomic E-state index is 0.161. The third-order valence-electron chi connectivity index (χ3n) is 1.88. The molecule has 0 unspecified atom stereocenters. The molecule has 1 rings (SSSR count). The van der Waals surface area contributed by atoms with Crippen molar-refractivity contribution in [3.63, 3.8) is 0 Å². The van der Waals surface area contributed by atoms with Gasteiger partial charge in [0.05, 0.1) is 18.2 Å². The largest absolute Gasteiger partial charge is 0.493 e. The Morgan fingerprint density at radius 3 is 2.53 bits per heavy atom. The van der Waals surface area contributed by atoms with E-state index in [0.29, 0.717) is 12.2 Å². The normalized spacial score (nSPS) is 10.2. The fourth-order valence-corrected chi connectivity index (χ4v) is 1.56. The molecule has 0 aliphatic rings. The van der Waals surface area contributed by atoms with Gasteiger partial charge in [-0.15, -0.1) is 0 Å². The average Bonchev–Trinajstić information content (AvgIpc) is 2.20. The SMILES string of the molecule is CCOc1c(Cl)cc(CO)cc1B(O)O. The van der Waals surface area contributed by atoms with Crippen LogP contribution in [0.25, 0.3) is 0 Å². The van der Waals surface area contributed by atoms with Gasteiger partial charge in [0.15, 0.2) is 0 Å². The van der Waals surface area contributed by atoms with Crippen LogP contribution in [0.4, 0.5) is 0 Å². The molecule has 0 aromatic heterocycles. The first kappa shape index (κ1) is 12.3. The third-order valence-corrected chi connectivity index (χ3v) is 2.16. The molecule has 0 aliphatic carbocycles. The van der Waals surface area contributed by atoms with E-state index in [9.17, 15) is 0 Å². The Bertz CT molecular complexity index is 343. The Morgan fingerprint density at radius 1 is 1.40 bits per heavy atom. The third kappa shape index (κ3) is 2.85. The summed E-state index contributed by atoms with van der Waals surface area (Å²) in [5, 5.41) is 27.4. The summed E-state index contributed by atoms with van der Waals surface area (Å²) in [6.45, 7) is 1.92. The summed E-state index contributed by atoms with van der Waals surface area (Å²) < 4.78 is 5.19. The van der Waals surface area contributed by atoms with Crippen LogP contribution in [0.2, 0.25) is 5.02 Å². The predicted molar refractivity (Wildman–Crippen MR) is 58.4 cm³/mol. The van der Waals surface area contributed by atoms with Gasteiger partial charge >= 0.3 is 7.12 Å². The van der Waals surface area contributed by atoms with Gasteiger partial charge in [0, 0.05) is 5.46 Å². The van der Waals surface area contributed by atoms with E-state index in [0.717, 1.165) is 0 Å². The average molecular weight is 230 g/mol. The standard InChI is InChI=1S/C9H12BClO4/c1-2-15-9-7(10(13)14)3-6(5-12)4-8(9)11/h3-4,12-14H,2,5H2,1H3. The van der Waals surface area contributed by atoms with Crippen LogP contribution in [0.1, 0.15) is 12.5 Å². The van der Waals surface area contributed by atoms with Crippen molar-refractivity contribution >= 4 is 24.2 Å². The van der Waals surface area contributed by atoms with Crippen LogP contribution >= 0.6 is 11.6 Å². The van der Waals surface area contributed by atoms with Gasteiger partial charge in [0.2, 0.25) is 0 Å². The Labute approximate surface area is 93.2 Å². The van der Waals surface area contributed by atoms with Gasteiger partial charge in [0.1, 0.15) is 5.75 Å². The summed E-state index contributed by atoms with van der Waals surface area (Å²) in [6, 6.07) is 2.97. The van der Waals surface area contributed by atoms with Gasteiger partial charge in [-0.05, 0) is 18.6 Å². The van der Waals surface area contributed by atoms with Gasteiger partial charge in [-0.2, -0.15) is 0 Å². The van der Waals surface area contributed by atoms with Crippen LogP contribution in [0.3, 0.4) is 0 Å². The summed E-state index contributed by atoms with van der Waals surface area (Å²) in [4.78, 5) is 0. The van der Waals surface area contributed by atoms with Crippen molar-refractivity contribution in [1.82, 2.24) is 0 Å². The fraction of sp³-hybridized carbons (Fsp3) is 0.333. The maximum absolute atomic E-state index is 9.11. The van der Waals surface area contributed by atoms with Gasteiger partial charge in [-0.3, -0.25) is 0 Å². The molecule has 1 aromatic rings. The van der Waals surface area contributed by atoms with Crippen molar-refractivity contribution in [2.75, 3.05) is 6.61 Å². The van der Waals surface area contributed by atoms with Gasteiger partial charge < -0.3 is 19.9 Å². The van der Waals surface area contributed by atoms with Gasteiger partial charge in [-0.1, -0.05) is 17.7 Å². The fourth-order valence-electron chi connectivity index (χ4n) is 1.25. The number of rotatable bonds is 4. The maximum Gasteiger partial charge on any atom is 0.492 e. The molecule has 1 aromatic carbocycles. The number of benzene rings is 1. The monoisotopic (exact) mass is 230 g/mol. The molecule has 4 nitrogen and oxygen atoms in total. The summed E-state index contributed by atoms with van der Waals surface area (Å²) in [5.74, 6) is 0.242. The van der Waals surface area contributed by atoms with E-state index in [4.69, 9.17) is 31.5 Å². The number of aliphatic hydroxyl groups excluding tert-OH is 1. The number of ether oxygens (including phenoxy) is 1. The minimum Gasteiger partial charge on any atom is -0.493 e. The molecule has 0 spiro atoms. The molecule has 6 heteroatoms. The van der Waals surface area contributed by atoms with Crippen LogP contribution in [0.15, 0.2) is 12.1 Å². The van der Waals surface area contributed by atoms with E-state index in [-0.39, 0.29) is 22.8 Å². The van der Waals surface area contributed by atoms with E-state index in [1.165, 1.54) is 12.1 Å². The highest BCUT2D eigenvalue weighted by Crippen LogP contribution is 2.24. The summed E-state index contributed by atoms with van der Waals surface area (Å²) in [6.07, 6.45) is 0. The lowest BCUT2D eigenvalue weighted by molar-refractivity contribution is 0.281. The maximum atomic E-state index is 9.11. The summed E-state index contributed by atoms with van der Waals surface area (Å²) >= 11 is 5.88. The Morgan fingerprint density at radius 2 is 2.07 bits per heavy atom. The van der Waals surface area contributed by atoms with Crippen LogP contribution in [0.5, 0.6) is 5.75 Å². The van der Waals surface area contributed by atoms with Crippen molar-refractivity contribution in [3.05, 3.63) is 22.7 Å². The molecule has 0 saturated carbocycles. The topological polar surface area (TPSA) is 69.9 Å². The van der Waals surface area contributed by atoms with E-state index >= 15 is 0 Å². The lowest BCUT2D eigenvalue weighted by atomic mass is 9.78. The zero-order valence-corrected chi connectivity index (χ0v) is 9.03. The van der Waals surface area contributed by atoms with Gasteiger partial charge in [0.25, 0.3) is 0 Å². The first-order chi connectivity index (χ1) is 7.10. The lowest BCUT2D eigenvalue weighted by Gasteiger charge is -2.12. The second-order valence-electron chi connectivity index (χ2n) is 2.96. The van der Waals surface area contributed by atoms with Crippen molar-refractivity contribution in [1.29, 1.82) is 0 Å². The first-order valence-electron chi connectivity index (χ1n) is 4.52. The zero-order valence-electron chi connectivity index (χ0n) is 8.27. The summed E-state index contributed by atoms with van der Waals surface area (Å²) in [7, 11) is -1.67. The molecular formula is C9H12BClO4. The molecule has 0 fully saturated rings. The highest BCUT2D eigenvalue weighted by Gasteiger charge is 2.20. The summed E-state index contributed by atoms with van der Waals surface area (Å²) in [5.41, 5.74) is 0.667. The molecule has 0 heterocycles. The predicted octanol–water partition coefficient (Wildman–Crippen LogP) is -0.0892. The van der Waals surface area contributed by atoms with Crippen molar-refractivity contribution in [2.45, 2.75) is 13.5 Å². The molecule has 0 aliphatic heterocycles. The van der Waals surface area contributed by atoms with Crippen molar-refractivity contribution in [3.8, 4) is 5.75 Å². The van der Waals surface area contributed by atoms with E-state index in [2.05, 4.69) is 0 Å². The smallest absolute Gasteiger partial charge is 0.492 e. The number of hydrogen-bond acceptors (Lipinski definition) is 4. The molecule has 15 heavy (non-hydrogen) atoms. The molecule has 0 bridgehead atoms. The van der Waals surface area contributed by atoms with Crippen molar-refractivity contribution < 1.29 is 19.9 Å².